The van der Waals surface area contributed by atoms with Crippen molar-refractivity contribution in [2.24, 2.45) is 0 Å². The predicted molar refractivity (Wildman–Crippen MR) is 118 cm³/mol. The molecular formula is C24H25NO6. The fourth-order valence-corrected chi connectivity index (χ4v) is 4.62. The smallest absolute Gasteiger partial charge is 0.231 e. The second-order valence-corrected chi connectivity index (χ2v) is 7.41. The number of methoxy groups -OCH3 is 3. The van der Waals surface area contributed by atoms with Crippen LogP contribution >= 0.6 is 0 Å². The lowest BCUT2D eigenvalue weighted by molar-refractivity contribution is 0.0606. The van der Waals surface area contributed by atoms with Crippen LogP contribution in [-0.2, 0) is 4.74 Å². The van der Waals surface area contributed by atoms with Gasteiger partial charge in [0.25, 0.3) is 0 Å². The van der Waals surface area contributed by atoms with Gasteiger partial charge in [0.2, 0.25) is 6.79 Å². The van der Waals surface area contributed by atoms with Gasteiger partial charge in [-0.2, -0.15) is 0 Å². The van der Waals surface area contributed by atoms with E-state index in [0.29, 0.717) is 23.9 Å². The van der Waals surface area contributed by atoms with Crippen LogP contribution in [0.3, 0.4) is 0 Å². The van der Waals surface area contributed by atoms with Gasteiger partial charge in [-0.05, 0) is 24.4 Å². The molecular weight excluding hydrogens is 398 g/mol. The van der Waals surface area contributed by atoms with Crippen molar-refractivity contribution in [2.75, 3.05) is 46.7 Å². The van der Waals surface area contributed by atoms with Gasteiger partial charge in [-0.25, -0.2) is 0 Å². The first-order chi connectivity index (χ1) is 15.1. The second-order valence-electron chi connectivity index (χ2n) is 7.41. The predicted octanol–water partition coefficient (Wildman–Crippen LogP) is 4.75. The molecule has 0 aliphatic carbocycles. The van der Waals surface area contributed by atoms with Crippen molar-refractivity contribution in [3.05, 3.63) is 35.9 Å². The highest BCUT2D eigenvalue weighted by atomic mass is 16.7. The van der Waals surface area contributed by atoms with Crippen LogP contribution in [0.1, 0.15) is 18.7 Å². The molecule has 3 aromatic rings. The molecule has 0 N–H and O–H groups in total. The van der Waals surface area contributed by atoms with Crippen LogP contribution in [0.25, 0.3) is 21.9 Å². The summed E-state index contributed by atoms with van der Waals surface area (Å²) >= 11 is 0. The minimum atomic E-state index is -0.387. The van der Waals surface area contributed by atoms with Crippen LogP contribution in [0, 0.1) is 0 Å². The molecule has 0 spiro atoms. The Morgan fingerprint density at radius 3 is 2.39 bits per heavy atom. The SMILES string of the molecule is CCOC1c2c(OC)c(OC)cc(OC)c2-c2ccc3cc4c(cc3c2N1C)OCO4. The highest BCUT2D eigenvalue weighted by molar-refractivity contribution is 6.06. The summed E-state index contributed by atoms with van der Waals surface area (Å²) in [5.74, 6) is 3.44. The molecule has 0 fully saturated rings. The lowest BCUT2D eigenvalue weighted by Crippen LogP contribution is -2.31. The molecule has 31 heavy (non-hydrogen) atoms. The molecule has 2 aliphatic rings. The highest BCUT2D eigenvalue weighted by Gasteiger charge is 2.37. The average molecular weight is 423 g/mol. The van der Waals surface area contributed by atoms with Crippen molar-refractivity contribution in [1.82, 2.24) is 0 Å². The Bertz CT molecular complexity index is 1170. The number of nitrogens with zero attached hydrogens (tertiary/aromatic N) is 1. The Morgan fingerprint density at radius 2 is 1.71 bits per heavy atom. The zero-order chi connectivity index (χ0) is 21.7. The van der Waals surface area contributed by atoms with Gasteiger partial charge in [0.1, 0.15) is 5.75 Å². The molecule has 7 nitrogen and oxygen atoms in total. The van der Waals surface area contributed by atoms with Gasteiger partial charge in [-0.1, -0.05) is 12.1 Å². The van der Waals surface area contributed by atoms with Crippen LogP contribution in [0.4, 0.5) is 5.69 Å². The molecule has 162 valence electrons. The fourth-order valence-electron chi connectivity index (χ4n) is 4.62. The third-order valence-corrected chi connectivity index (χ3v) is 5.92. The number of ether oxygens (including phenoxy) is 6. The van der Waals surface area contributed by atoms with Crippen molar-refractivity contribution in [2.45, 2.75) is 13.2 Å². The number of hydrogen-bond acceptors (Lipinski definition) is 7. The van der Waals surface area contributed by atoms with E-state index in [-0.39, 0.29) is 13.0 Å². The lowest BCUT2D eigenvalue weighted by atomic mass is 9.88. The van der Waals surface area contributed by atoms with Gasteiger partial charge < -0.3 is 33.3 Å². The van der Waals surface area contributed by atoms with Crippen LogP contribution in [-0.4, -0.2) is 41.8 Å². The topological polar surface area (TPSA) is 58.6 Å². The zero-order valence-corrected chi connectivity index (χ0v) is 18.3. The van der Waals surface area contributed by atoms with Gasteiger partial charge in [0.05, 0.1) is 32.6 Å². The summed E-state index contributed by atoms with van der Waals surface area (Å²) < 4.78 is 34.7. The standard InChI is InChI=1S/C24H25NO6/c1-6-29-24-21-20(18(26-3)11-19(27-4)23(21)28-5)14-8-7-13-9-16-17(31-12-30-16)10-15(13)22(14)25(24)2/h7-11,24H,6,12H2,1-5H3. The first-order valence-corrected chi connectivity index (χ1v) is 10.2. The van der Waals surface area contributed by atoms with Gasteiger partial charge in [0.15, 0.2) is 29.2 Å². The molecule has 3 aromatic carbocycles. The monoisotopic (exact) mass is 423 g/mol. The average Bonchev–Trinajstić information content (AvgIpc) is 3.25. The minimum Gasteiger partial charge on any atom is -0.496 e. The Labute approximate surface area is 181 Å². The van der Waals surface area contributed by atoms with Crippen molar-refractivity contribution < 1.29 is 28.4 Å². The maximum Gasteiger partial charge on any atom is 0.231 e. The van der Waals surface area contributed by atoms with Crippen LogP contribution in [0.5, 0.6) is 28.7 Å². The van der Waals surface area contributed by atoms with E-state index in [9.17, 15) is 0 Å². The summed E-state index contributed by atoms with van der Waals surface area (Å²) in [5.41, 5.74) is 3.88. The Kier molecular flexibility index (Phi) is 4.70. The van der Waals surface area contributed by atoms with Gasteiger partial charge in [-0.3, -0.25) is 0 Å². The van der Waals surface area contributed by atoms with E-state index in [2.05, 4.69) is 17.0 Å². The maximum absolute atomic E-state index is 6.24. The molecule has 7 heteroatoms. The number of hydrogen-bond donors (Lipinski definition) is 0. The molecule has 0 amide bonds. The minimum absolute atomic E-state index is 0.235. The zero-order valence-electron chi connectivity index (χ0n) is 18.3. The van der Waals surface area contributed by atoms with E-state index >= 15 is 0 Å². The van der Waals surface area contributed by atoms with E-state index < -0.39 is 0 Å². The third-order valence-electron chi connectivity index (χ3n) is 5.92. The molecule has 1 atom stereocenters. The molecule has 1 unspecified atom stereocenters. The first-order valence-electron chi connectivity index (χ1n) is 10.2. The molecule has 0 bridgehead atoms. The van der Waals surface area contributed by atoms with E-state index in [1.54, 1.807) is 21.3 Å². The second kappa shape index (κ2) is 7.42. The lowest BCUT2D eigenvalue weighted by Gasteiger charge is -2.39. The summed E-state index contributed by atoms with van der Waals surface area (Å²) in [6.45, 7) is 2.75. The van der Waals surface area contributed by atoms with Crippen LogP contribution in [0.2, 0.25) is 0 Å². The number of benzene rings is 3. The quantitative estimate of drug-likeness (QED) is 0.587. The van der Waals surface area contributed by atoms with E-state index in [0.717, 1.165) is 44.6 Å². The van der Waals surface area contributed by atoms with E-state index in [1.807, 2.05) is 32.2 Å². The third kappa shape index (κ3) is 2.76. The number of fused-ring (bicyclic) bond motifs is 6. The molecule has 0 saturated carbocycles. The summed E-state index contributed by atoms with van der Waals surface area (Å²) in [5, 5.41) is 2.12. The van der Waals surface area contributed by atoms with Crippen molar-refractivity contribution in [1.29, 1.82) is 0 Å². The molecule has 0 saturated heterocycles. The summed E-state index contributed by atoms with van der Waals surface area (Å²) in [4.78, 5) is 2.13. The summed E-state index contributed by atoms with van der Waals surface area (Å²) in [6.07, 6.45) is -0.387. The molecule has 2 aliphatic heterocycles. The largest absolute Gasteiger partial charge is 0.496 e. The van der Waals surface area contributed by atoms with Gasteiger partial charge >= 0.3 is 0 Å². The van der Waals surface area contributed by atoms with Crippen LogP contribution < -0.4 is 28.6 Å². The van der Waals surface area contributed by atoms with Crippen LogP contribution in [0.15, 0.2) is 30.3 Å². The number of anilines is 1. The van der Waals surface area contributed by atoms with Gasteiger partial charge in [0, 0.05) is 36.2 Å². The van der Waals surface area contributed by atoms with E-state index in [4.69, 9.17) is 28.4 Å². The van der Waals surface area contributed by atoms with Crippen molar-refractivity contribution in [3.63, 3.8) is 0 Å². The molecule has 0 aromatic heterocycles. The Hall–Kier alpha value is -3.32. The van der Waals surface area contributed by atoms with Crippen molar-refractivity contribution in [3.8, 4) is 39.9 Å². The van der Waals surface area contributed by atoms with Gasteiger partial charge in [-0.15, -0.1) is 0 Å². The Balaban J connectivity index is 1.88. The summed E-state index contributed by atoms with van der Waals surface area (Å²) in [7, 11) is 6.95. The first kappa shape index (κ1) is 19.6. The van der Waals surface area contributed by atoms with E-state index in [1.165, 1.54) is 0 Å². The maximum atomic E-state index is 6.24. The molecule has 5 rings (SSSR count). The highest BCUT2D eigenvalue weighted by Crippen LogP contribution is 2.56. The van der Waals surface area contributed by atoms with Crippen molar-refractivity contribution >= 4 is 16.5 Å². The molecule has 0 radical (unpaired) electrons. The summed E-state index contributed by atoms with van der Waals surface area (Å²) in [6, 6.07) is 10.1. The number of rotatable bonds is 5. The molecule has 2 heterocycles. The Morgan fingerprint density at radius 1 is 0.968 bits per heavy atom. The normalized spacial score (nSPS) is 16.2. The fraction of sp³-hybridized carbons (Fsp3) is 0.333.